The molecule has 0 saturated heterocycles. The lowest BCUT2D eigenvalue weighted by Gasteiger charge is -2.20. The molecule has 96 valence electrons. The van der Waals surface area contributed by atoms with E-state index in [9.17, 15) is 13.2 Å². The average molecular weight is 313 g/mol. The molecule has 0 spiro atoms. The number of nitrogens with one attached hydrogen (secondary N) is 1. The van der Waals surface area contributed by atoms with Gasteiger partial charge in [0, 0.05) is 10.9 Å². The van der Waals surface area contributed by atoms with Crippen molar-refractivity contribution in [1.82, 2.24) is 5.43 Å². The molecule has 0 aliphatic rings. The quantitative estimate of drug-likeness (QED) is 0.663. The molecule has 0 amide bonds. The van der Waals surface area contributed by atoms with Crippen molar-refractivity contribution in [3.63, 3.8) is 0 Å². The largest absolute Gasteiger partial charge is 0.496 e. The van der Waals surface area contributed by atoms with Crippen molar-refractivity contribution < 1.29 is 17.9 Å². The van der Waals surface area contributed by atoms with Gasteiger partial charge in [0.2, 0.25) is 0 Å². The van der Waals surface area contributed by atoms with Gasteiger partial charge in [-0.05, 0) is 23.8 Å². The first-order chi connectivity index (χ1) is 7.88. The van der Waals surface area contributed by atoms with E-state index in [1.165, 1.54) is 7.11 Å². The highest BCUT2D eigenvalue weighted by Crippen LogP contribution is 2.28. The van der Waals surface area contributed by atoms with Crippen molar-refractivity contribution in [2.45, 2.75) is 18.6 Å². The molecule has 0 heterocycles. The van der Waals surface area contributed by atoms with Crippen LogP contribution in [0.4, 0.5) is 13.2 Å². The Morgan fingerprint density at radius 3 is 2.59 bits per heavy atom. The van der Waals surface area contributed by atoms with E-state index >= 15 is 0 Å². The van der Waals surface area contributed by atoms with E-state index in [1.54, 1.807) is 23.6 Å². The number of halogens is 4. The van der Waals surface area contributed by atoms with Gasteiger partial charge in [-0.1, -0.05) is 15.9 Å². The number of hydrogen-bond donors (Lipinski definition) is 2. The monoisotopic (exact) mass is 312 g/mol. The minimum absolute atomic E-state index is 0.289. The van der Waals surface area contributed by atoms with Crippen LogP contribution >= 0.6 is 15.9 Å². The second kappa shape index (κ2) is 5.70. The van der Waals surface area contributed by atoms with Crippen molar-refractivity contribution in [3.8, 4) is 5.75 Å². The molecule has 1 aromatic carbocycles. The Bertz CT molecular complexity index is 384. The van der Waals surface area contributed by atoms with Gasteiger partial charge < -0.3 is 4.74 Å². The normalized spacial score (nSPS) is 13.5. The minimum atomic E-state index is -4.40. The fraction of sp³-hybridized carbons (Fsp3) is 0.400. The lowest BCUT2D eigenvalue weighted by molar-refractivity contribution is -0.155. The molecule has 1 unspecified atom stereocenters. The predicted octanol–water partition coefficient (Wildman–Crippen LogP) is 2.39. The van der Waals surface area contributed by atoms with Crippen molar-refractivity contribution in [1.29, 1.82) is 0 Å². The summed E-state index contributed by atoms with van der Waals surface area (Å²) in [4.78, 5) is 0. The van der Waals surface area contributed by atoms with Crippen LogP contribution in [0.2, 0.25) is 0 Å². The number of methoxy groups -OCH3 is 1. The van der Waals surface area contributed by atoms with E-state index in [2.05, 4.69) is 15.9 Å². The first-order valence-corrected chi connectivity index (χ1v) is 5.53. The van der Waals surface area contributed by atoms with E-state index in [-0.39, 0.29) is 6.42 Å². The topological polar surface area (TPSA) is 47.3 Å². The maximum atomic E-state index is 12.5. The van der Waals surface area contributed by atoms with Gasteiger partial charge in [-0.2, -0.15) is 13.2 Å². The number of rotatable bonds is 4. The van der Waals surface area contributed by atoms with Gasteiger partial charge >= 0.3 is 6.18 Å². The van der Waals surface area contributed by atoms with E-state index in [4.69, 9.17) is 10.6 Å². The number of hydrazine groups is 1. The molecule has 17 heavy (non-hydrogen) atoms. The highest BCUT2D eigenvalue weighted by atomic mass is 79.9. The van der Waals surface area contributed by atoms with Crippen molar-refractivity contribution >= 4 is 15.9 Å². The lowest BCUT2D eigenvalue weighted by Crippen LogP contribution is -2.47. The van der Waals surface area contributed by atoms with Crippen LogP contribution in [0.15, 0.2) is 22.7 Å². The summed E-state index contributed by atoms with van der Waals surface area (Å²) in [6.45, 7) is 0. The van der Waals surface area contributed by atoms with Crippen LogP contribution in [0.3, 0.4) is 0 Å². The summed E-state index contributed by atoms with van der Waals surface area (Å²) in [5.74, 6) is 5.31. The number of hydrogen-bond acceptors (Lipinski definition) is 3. The number of ether oxygens (including phenoxy) is 1. The van der Waals surface area contributed by atoms with Crippen LogP contribution in [0.25, 0.3) is 0 Å². The molecule has 0 aliphatic carbocycles. The predicted molar refractivity (Wildman–Crippen MR) is 61.6 cm³/mol. The molecule has 0 radical (unpaired) electrons. The van der Waals surface area contributed by atoms with Crippen molar-refractivity contribution in [2.75, 3.05) is 7.11 Å². The molecule has 0 saturated carbocycles. The zero-order valence-corrected chi connectivity index (χ0v) is 10.6. The summed E-state index contributed by atoms with van der Waals surface area (Å²) in [6.07, 6.45) is -4.69. The molecule has 0 fully saturated rings. The smallest absolute Gasteiger partial charge is 0.405 e. The van der Waals surface area contributed by atoms with Crippen LogP contribution in [0.1, 0.15) is 5.56 Å². The zero-order valence-electron chi connectivity index (χ0n) is 9.01. The Labute approximate surface area is 105 Å². The molecule has 3 N–H and O–H groups in total. The fourth-order valence-electron chi connectivity index (χ4n) is 1.40. The van der Waals surface area contributed by atoms with Crippen LogP contribution < -0.4 is 16.0 Å². The number of benzene rings is 1. The van der Waals surface area contributed by atoms with Crippen molar-refractivity contribution in [2.24, 2.45) is 5.84 Å². The molecule has 1 aromatic rings. The Balaban J connectivity index is 2.96. The van der Waals surface area contributed by atoms with Crippen LogP contribution in [-0.4, -0.2) is 19.3 Å². The Morgan fingerprint density at radius 2 is 2.12 bits per heavy atom. The van der Waals surface area contributed by atoms with E-state index < -0.39 is 12.2 Å². The summed E-state index contributed by atoms with van der Waals surface area (Å²) >= 11 is 3.20. The first-order valence-electron chi connectivity index (χ1n) is 4.73. The third-order valence-corrected chi connectivity index (χ3v) is 2.76. The fourth-order valence-corrected chi connectivity index (χ4v) is 1.80. The van der Waals surface area contributed by atoms with Crippen LogP contribution in [0.5, 0.6) is 5.75 Å². The van der Waals surface area contributed by atoms with E-state index in [1.807, 2.05) is 0 Å². The molecule has 0 aromatic heterocycles. The molecular weight excluding hydrogens is 301 g/mol. The molecule has 0 bridgehead atoms. The molecule has 1 atom stereocenters. The Morgan fingerprint density at radius 1 is 1.47 bits per heavy atom. The Kier molecular flexibility index (Phi) is 4.79. The minimum Gasteiger partial charge on any atom is -0.496 e. The summed E-state index contributed by atoms with van der Waals surface area (Å²) in [7, 11) is 1.41. The lowest BCUT2D eigenvalue weighted by atomic mass is 10.1. The summed E-state index contributed by atoms with van der Waals surface area (Å²) in [5, 5.41) is 0. The summed E-state index contributed by atoms with van der Waals surface area (Å²) < 4.78 is 43.3. The third-order valence-electron chi connectivity index (χ3n) is 2.26. The average Bonchev–Trinajstić information content (AvgIpc) is 2.24. The van der Waals surface area contributed by atoms with Crippen molar-refractivity contribution in [3.05, 3.63) is 28.2 Å². The SMILES string of the molecule is COc1ccc(Br)cc1CC(NN)C(F)(F)F. The zero-order chi connectivity index (χ0) is 13.1. The molecule has 1 rings (SSSR count). The maximum absolute atomic E-state index is 12.5. The van der Waals surface area contributed by atoms with E-state index in [0.29, 0.717) is 15.8 Å². The van der Waals surface area contributed by atoms with Crippen LogP contribution in [0, 0.1) is 0 Å². The van der Waals surface area contributed by atoms with Gasteiger partial charge in [0.05, 0.1) is 7.11 Å². The standard InChI is InChI=1S/C10H12BrF3N2O/c1-17-8-3-2-7(11)4-6(8)5-9(16-15)10(12,13)14/h2-4,9,16H,5,15H2,1H3. The van der Waals surface area contributed by atoms with Gasteiger partial charge in [-0.3, -0.25) is 5.84 Å². The second-order valence-corrected chi connectivity index (χ2v) is 4.34. The summed E-state index contributed by atoms with van der Waals surface area (Å²) in [5.41, 5.74) is 2.20. The molecule has 3 nitrogen and oxygen atoms in total. The molecule has 7 heteroatoms. The van der Waals surface area contributed by atoms with Gasteiger partial charge in [-0.25, -0.2) is 5.43 Å². The van der Waals surface area contributed by atoms with E-state index in [0.717, 1.165) is 0 Å². The first kappa shape index (κ1) is 14.3. The third kappa shape index (κ3) is 3.86. The molecular formula is C10H12BrF3N2O. The number of alkyl halides is 3. The Hall–Kier alpha value is -0.790. The van der Waals surface area contributed by atoms with Gasteiger partial charge in [0.15, 0.2) is 0 Å². The molecule has 0 aliphatic heterocycles. The maximum Gasteiger partial charge on any atom is 0.405 e. The highest BCUT2D eigenvalue weighted by Gasteiger charge is 2.39. The second-order valence-electron chi connectivity index (χ2n) is 3.42. The highest BCUT2D eigenvalue weighted by molar-refractivity contribution is 9.10. The van der Waals surface area contributed by atoms with Crippen LogP contribution in [-0.2, 0) is 6.42 Å². The summed E-state index contributed by atoms with van der Waals surface area (Å²) in [6, 6.07) is 3.07. The van der Waals surface area contributed by atoms with Gasteiger partial charge in [0.1, 0.15) is 11.8 Å². The van der Waals surface area contributed by atoms with Gasteiger partial charge in [0.25, 0.3) is 0 Å². The number of nitrogens with two attached hydrogens (primary N) is 1. The van der Waals surface area contributed by atoms with Gasteiger partial charge in [-0.15, -0.1) is 0 Å².